The number of aliphatic hydroxyl groups is 1. The molecule has 1 rings (SSSR count). The summed E-state index contributed by atoms with van der Waals surface area (Å²) in [5, 5.41) is 10.9. The number of hydrogen-bond donors (Lipinski definition) is 1. The van der Waals surface area contributed by atoms with Crippen molar-refractivity contribution < 1.29 is 9.53 Å². The van der Waals surface area contributed by atoms with Gasteiger partial charge in [0.1, 0.15) is 0 Å². The molecule has 1 N–H and O–H groups in total. The third kappa shape index (κ3) is 6.39. The van der Waals surface area contributed by atoms with Gasteiger partial charge in [-0.15, -0.1) is 6.58 Å². The highest BCUT2D eigenvalue weighted by Crippen LogP contribution is 2.39. The molecule has 1 aromatic carbocycles. The van der Waals surface area contributed by atoms with Crippen LogP contribution >= 0.6 is 0 Å². The molecule has 0 spiro atoms. The van der Waals surface area contributed by atoms with Gasteiger partial charge in [-0.1, -0.05) is 71.0 Å². The maximum absolute atomic E-state index is 10.7. The average Bonchev–Trinajstić information content (AvgIpc) is 2.56. The van der Waals surface area contributed by atoms with Crippen LogP contribution in [0.3, 0.4) is 0 Å². The Kier molecular flexibility index (Phi) is 8.11. The minimum Gasteiger partial charge on any atom is -0.414 e. The highest BCUT2D eigenvalue weighted by atomic mass is 28.4. The summed E-state index contributed by atoms with van der Waals surface area (Å²) in [6.45, 7) is 19.4. The molecule has 0 aliphatic carbocycles. The zero-order valence-corrected chi connectivity index (χ0v) is 18.3. The Morgan fingerprint density at radius 2 is 1.72 bits per heavy atom. The van der Waals surface area contributed by atoms with Crippen LogP contribution in [0.5, 0.6) is 0 Å². The summed E-state index contributed by atoms with van der Waals surface area (Å²) in [5.41, 5.74) is 1.32. The van der Waals surface area contributed by atoms with Gasteiger partial charge in [-0.2, -0.15) is 0 Å². The van der Waals surface area contributed by atoms with Gasteiger partial charge in [0.15, 0.2) is 8.32 Å². The van der Waals surface area contributed by atoms with Gasteiger partial charge >= 0.3 is 0 Å². The van der Waals surface area contributed by atoms with Crippen LogP contribution in [-0.4, -0.2) is 25.6 Å². The number of rotatable bonds is 9. The molecule has 1 aromatic rings. The van der Waals surface area contributed by atoms with Gasteiger partial charge in [0.2, 0.25) is 0 Å². The van der Waals surface area contributed by atoms with Crippen LogP contribution < -0.4 is 0 Å². The fourth-order valence-corrected chi connectivity index (χ4v) is 4.22. The molecule has 25 heavy (non-hydrogen) atoms. The zero-order chi connectivity index (χ0) is 19.3. The number of aryl methyl sites for hydroxylation is 1. The minimum absolute atomic E-state index is 0.0542. The number of aliphatic hydroxyl groups excluding tert-OH is 1. The Hall–Kier alpha value is -0.903. The maximum atomic E-state index is 10.7. The molecule has 0 radical (unpaired) electrons. The lowest BCUT2D eigenvalue weighted by Gasteiger charge is -2.42. The lowest BCUT2D eigenvalue weighted by Crippen LogP contribution is -2.47. The van der Waals surface area contributed by atoms with Crippen molar-refractivity contribution in [2.75, 3.05) is 0 Å². The first kappa shape index (κ1) is 22.1. The third-order valence-electron chi connectivity index (χ3n) is 5.85. The van der Waals surface area contributed by atoms with Crippen LogP contribution in [0, 0.1) is 11.8 Å². The van der Waals surface area contributed by atoms with Gasteiger partial charge in [0, 0.05) is 11.8 Å². The lowest BCUT2D eigenvalue weighted by molar-refractivity contribution is 0.00658. The standard InChI is InChI=1S/C22H38O2Si/c1-9-17(2)21(23)18(3)20(24-25(7,8)22(4,5)6)16-15-19-13-11-10-12-14-19/h9-14,17-18,20-21,23H,1,15-16H2,2-8H3/t17-,18+,20-,21+/m0/s1. The first-order chi connectivity index (χ1) is 11.5. The fourth-order valence-electron chi connectivity index (χ4n) is 2.78. The second-order valence-corrected chi connectivity index (χ2v) is 13.6. The van der Waals surface area contributed by atoms with E-state index < -0.39 is 14.4 Å². The summed E-state index contributed by atoms with van der Waals surface area (Å²) in [5.74, 6) is 0.142. The van der Waals surface area contributed by atoms with Crippen molar-refractivity contribution in [2.45, 2.75) is 77.8 Å². The molecular weight excluding hydrogens is 324 g/mol. The molecule has 0 fully saturated rings. The van der Waals surface area contributed by atoms with Crippen LogP contribution in [0.15, 0.2) is 43.0 Å². The van der Waals surface area contributed by atoms with Crippen molar-refractivity contribution in [3.63, 3.8) is 0 Å². The molecule has 0 saturated carbocycles. The summed E-state index contributed by atoms with van der Waals surface area (Å²) < 4.78 is 6.75. The normalized spacial score (nSPS) is 17.6. The molecule has 2 nitrogen and oxygen atoms in total. The quantitative estimate of drug-likeness (QED) is 0.442. The first-order valence-corrected chi connectivity index (χ1v) is 12.4. The Labute approximate surface area is 156 Å². The molecular formula is C22H38O2Si. The van der Waals surface area contributed by atoms with E-state index in [1.807, 2.05) is 19.1 Å². The van der Waals surface area contributed by atoms with Crippen LogP contribution in [0.4, 0.5) is 0 Å². The summed E-state index contributed by atoms with van der Waals surface area (Å²) in [6, 6.07) is 10.5. The first-order valence-electron chi connectivity index (χ1n) is 9.52. The van der Waals surface area contributed by atoms with E-state index in [4.69, 9.17) is 4.43 Å². The second kappa shape index (κ2) is 9.16. The molecule has 3 heteroatoms. The van der Waals surface area contributed by atoms with Crippen molar-refractivity contribution in [3.8, 4) is 0 Å². The van der Waals surface area contributed by atoms with E-state index in [1.165, 1.54) is 5.56 Å². The van der Waals surface area contributed by atoms with Gasteiger partial charge in [0.25, 0.3) is 0 Å². The number of hydrogen-bond acceptors (Lipinski definition) is 2. The largest absolute Gasteiger partial charge is 0.414 e. The molecule has 0 aliphatic rings. The fraction of sp³-hybridized carbons (Fsp3) is 0.636. The van der Waals surface area contributed by atoms with Gasteiger partial charge in [0.05, 0.1) is 12.2 Å². The minimum atomic E-state index is -1.90. The van der Waals surface area contributed by atoms with Gasteiger partial charge in [-0.25, -0.2) is 0 Å². The highest BCUT2D eigenvalue weighted by molar-refractivity contribution is 6.74. The molecule has 142 valence electrons. The summed E-state index contributed by atoms with van der Waals surface area (Å²) >= 11 is 0. The lowest BCUT2D eigenvalue weighted by atomic mass is 9.87. The Morgan fingerprint density at radius 1 is 1.16 bits per heavy atom. The monoisotopic (exact) mass is 362 g/mol. The molecule has 0 heterocycles. The van der Waals surface area contributed by atoms with Crippen LogP contribution in [0.1, 0.15) is 46.6 Å². The predicted molar refractivity (Wildman–Crippen MR) is 111 cm³/mol. The topological polar surface area (TPSA) is 29.5 Å². The van der Waals surface area contributed by atoms with E-state index in [1.54, 1.807) is 0 Å². The Morgan fingerprint density at radius 3 is 2.20 bits per heavy atom. The molecule has 4 atom stereocenters. The van der Waals surface area contributed by atoms with Crippen molar-refractivity contribution in [1.29, 1.82) is 0 Å². The van der Waals surface area contributed by atoms with E-state index in [0.29, 0.717) is 0 Å². The SMILES string of the molecule is C=C[C@H](C)[C@@H](O)[C@H](C)[C@H](CCc1ccccc1)O[Si](C)(C)C(C)(C)C. The van der Waals surface area contributed by atoms with E-state index in [9.17, 15) is 5.11 Å². The van der Waals surface area contributed by atoms with Crippen molar-refractivity contribution in [2.24, 2.45) is 11.8 Å². The molecule has 0 amide bonds. The molecule has 0 aromatic heterocycles. The molecule has 0 bridgehead atoms. The van der Waals surface area contributed by atoms with Crippen molar-refractivity contribution in [3.05, 3.63) is 48.6 Å². The second-order valence-electron chi connectivity index (χ2n) is 8.89. The van der Waals surface area contributed by atoms with E-state index >= 15 is 0 Å². The summed E-state index contributed by atoms with van der Waals surface area (Å²) in [4.78, 5) is 0. The molecule has 0 aliphatic heterocycles. The Balaban J connectivity index is 2.94. The van der Waals surface area contributed by atoms with Gasteiger partial charge < -0.3 is 9.53 Å². The molecule has 0 unspecified atom stereocenters. The maximum Gasteiger partial charge on any atom is 0.192 e. The third-order valence-corrected chi connectivity index (χ3v) is 10.4. The summed E-state index contributed by atoms with van der Waals surface area (Å²) in [7, 11) is -1.90. The van der Waals surface area contributed by atoms with E-state index in [2.05, 4.69) is 71.6 Å². The highest BCUT2D eigenvalue weighted by Gasteiger charge is 2.41. The zero-order valence-electron chi connectivity index (χ0n) is 17.3. The predicted octanol–water partition coefficient (Wildman–Crippen LogP) is 5.83. The van der Waals surface area contributed by atoms with Crippen LogP contribution in [0.2, 0.25) is 18.1 Å². The number of benzene rings is 1. The van der Waals surface area contributed by atoms with E-state index in [-0.39, 0.29) is 23.0 Å². The smallest absolute Gasteiger partial charge is 0.192 e. The van der Waals surface area contributed by atoms with E-state index in [0.717, 1.165) is 12.8 Å². The van der Waals surface area contributed by atoms with Gasteiger partial charge in [-0.3, -0.25) is 0 Å². The summed E-state index contributed by atoms with van der Waals surface area (Å²) in [6.07, 6.45) is 3.36. The van der Waals surface area contributed by atoms with Crippen LogP contribution in [-0.2, 0) is 10.8 Å². The van der Waals surface area contributed by atoms with Crippen molar-refractivity contribution in [1.82, 2.24) is 0 Å². The molecule has 0 saturated heterocycles. The van der Waals surface area contributed by atoms with Crippen molar-refractivity contribution >= 4 is 8.32 Å². The van der Waals surface area contributed by atoms with Crippen LogP contribution in [0.25, 0.3) is 0 Å². The Bertz CT molecular complexity index is 519. The van der Waals surface area contributed by atoms with Gasteiger partial charge in [-0.05, 0) is 36.5 Å². The average molecular weight is 363 g/mol.